The van der Waals surface area contributed by atoms with Crippen LogP contribution in [-0.2, 0) is 4.79 Å². The number of aromatic nitrogens is 1. The molecule has 0 amide bonds. The molecule has 0 aliphatic carbocycles. The van der Waals surface area contributed by atoms with Gasteiger partial charge in [-0.15, -0.1) is 11.8 Å². The van der Waals surface area contributed by atoms with Gasteiger partial charge in [-0.05, 0) is 12.1 Å². The highest BCUT2D eigenvalue weighted by Gasteiger charge is 2.09. The van der Waals surface area contributed by atoms with E-state index in [0.29, 0.717) is 5.02 Å². The lowest BCUT2D eigenvalue weighted by molar-refractivity contribution is -0.136. The number of carboxylic acids is 1. The average molecular weight is 232 g/mol. The van der Waals surface area contributed by atoms with E-state index in [4.69, 9.17) is 16.7 Å². The molecule has 0 spiro atoms. The molecule has 1 rings (SSSR count). The number of pyridine rings is 1. The number of aliphatic carboxylic acids is 1. The highest BCUT2D eigenvalue weighted by molar-refractivity contribution is 7.99. The Hall–Kier alpha value is -0.740. The Balaban J connectivity index is 2.51. The van der Waals surface area contributed by atoms with Gasteiger partial charge >= 0.3 is 5.97 Å². The third-order valence-corrected chi connectivity index (χ3v) is 2.76. The van der Waals surface area contributed by atoms with E-state index in [9.17, 15) is 4.79 Å². The van der Waals surface area contributed by atoms with E-state index < -0.39 is 5.97 Å². The van der Waals surface area contributed by atoms with Crippen molar-refractivity contribution in [1.82, 2.24) is 4.98 Å². The summed E-state index contributed by atoms with van der Waals surface area (Å²) in [5, 5.41) is 9.94. The van der Waals surface area contributed by atoms with Gasteiger partial charge in [0.1, 0.15) is 0 Å². The number of nitrogens with zero attached hydrogens (tertiary/aromatic N) is 1. The fourth-order valence-corrected chi connectivity index (χ4v) is 1.94. The van der Waals surface area contributed by atoms with Crippen LogP contribution in [0, 0.1) is 0 Å². The van der Waals surface area contributed by atoms with Crippen molar-refractivity contribution in [2.75, 3.05) is 0 Å². The molecule has 1 unspecified atom stereocenters. The van der Waals surface area contributed by atoms with Gasteiger partial charge in [0.25, 0.3) is 0 Å². The van der Waals surface area contributed by atoms with Crippen molar-refractivity contribution < 1.29 is 9.90 Å². The summed E-state index contributed by atoms with van der Waals surface area (Å²) in [6.45, 7) is 1.86. The molecule has 0 saturated heterocycles. The molecule has 1 atom stereocenters. The maximum atomic E-state index is 10.4. The highest BCUT2D eigenvalue weighted by atomic mass is 35.5. The SMILES string of the molecule is CC(CC(=O)O)Sc1ccc(Cl)cn1. The van der Waals surface area contributed by atoms with Gasteiger partial charge in [0, 0.05) is 11.4 Å². The minimum atomic E-state index is -0.793. The van der Waals surface area contributed by atoms with Crippen LogP contribution in [0.1, 0.15) is 13.3 Å². The molecule has 0 aliphatic heterocycles. The van der Waals surface area contributed by atoms with E-state index in [1.165, 1.54) is 11.8 Å². The van der Waals surface area contributed by atoms with Crippen LogP contribution in [0.2, 0.25) is 5.02 Å². The molecule has 0 aromatic carbocycles. The summed E-state index contributed by atoms with van der Waals surface area (Å²) in [7, 11) is 0. The van der Waals surface area contributed by atoms with Crippen LogP contribution in [0.15, 0.2) is 23.4 Å². The van der Waals surface area contributed by atoms with Crippen molar-refractivity contribution in [2.45, 2.75) is 23.6 Å². The Morgan fingerprint density at radius 1 is 1.71 bits per heavy atom. The van der Waals surface area contributed by atoms with Gasteiger partial charge in [-0.1, -0.05) is 18.5 Å². The molecule has 0 fully saturated rings. The van der Waals surface area contributed by atoms with Crippen molar-refractivity contribution in [3.63, 3.8) is 0 Å². The zero-order valence-electron chi connectivity index (χ0n) is 7.61. The summed E-state index contributed by atoms with van der Waals surface area (Å²) in [6.07, 6.45) is 1.69. The normalized spacial score (nSPS) is 12.4. The molecule has 1 aromatic rings. The predicted octanol–water partition coefficient (Wildman–Crippen LogP) is 2.69. The van der Waals surface area contributed by atoms with E-state index in [0.717, 1.165) is 5.03 Å². The number of hydrogen-bond donors (Lipinski definition) is 1. The summed E-state index contributed by atoms with van der Waals surface area (Å²) in [6, 6.07) is 3.52. The van der Waals surface area contributed by atoms with Gasteiger partial charge in [0.05, 0.1) is 16.5 Å². The van der Waals surface area contributed by atoms with Crippen molar-refractivity contribution in [2.24, 2.45) is 0 Å². The van der Waals surface area contributed by atoms with Crippen molar-refractivity contribution in [1.29, 1.82) is 0 Å². The van der Waals surface area contributed by atoms with E-state index in [-0.39, 0.29) is 11.7 Å². The van der Waals surface area contributed by atoms with E-state index in [2.05, 4.69) is 4.98 Å². The number of carboxylic acid groups (broad SMARTS) is 1. The number of halogens is 1. The number of thioether (sulfide) groups is 1. The zero-order valence-corrected chi connectivity index (χ0v) is 9.18. The quantitative estimate of drug-likeness (QED) is 0.810. The standard InChI is InChI=1S/C9H10ClNO2S/c1-6(4-9(12)13)14-8-3-2-7(10)5-11-8/h2-3,5-6H,4H2,1H3,(H,12,13). The van der Waals surface area contributed by atoms with Gasteiger partial charge < -0.3 is 5.11 Å². The summed E-state index contributed by atoms with van der Waals surface area (Å²) in [4.78, 5) is 14.5. The summed E-state index contributed by atoms with van der Waals surface area (Å²) in [5.74, 6) is -0.793. The van der Waals surface area contributed by atoms with Crippen LogP contribution in [0.5, 0.6) is 0 Å². The Labute approximate surface area is 91.5 Å². The summed E-state index contributed by atoms with van der Waals surface area (Å²) < 4.78 is 0. The molecule has 0 aliphatic rings. The second-order valence-electron chi connectivity index (χ2n) is 2.84. The van der Waals surface area contributed by atoms with E-state index in [1.807, 2.05) is 6.92 Å². The third-order valence-electron chi connectivity index (χ3n) is 1.48. The lowest BCUT2D eigenvalue weighted by atomic mass is 10.3. The van der Waals surface area contributed by atoms with E-state index in [1.54, 1.807) is 18.3 Å². The number of carbonyl (C=O) groups is 1. The molecule has 76 valence electrons. The van der Waals surface area contributed by atoms with Crippen molar-refractivity contribution in [3.8, 4) is 0 Å². The largest absolute Gasteiger partial charge is 0.481 e. The lowest BCUT2D eigenvalue weighted by Crippen LogP contribution is -2.05. The highest BCUT2D eigenvalue weighted by Crippen LogP contribution is 2.23. The minimum Gasteiger partial charge on any atom is -0.481 e. The zero-order chi connectivity index (χ0) is 10.6. The lowest BCUT2D eigenvalue weighted by Gasteiger charge is -2.06. The molecule has 0 saturated carbocycles. The van der Waals surface area contributed by atoms with Crippen LogP contribution in [0.3, 0.4) is 0 Å². The average Bonchev–Trinajstić information content (AvgIpc) is 2.07. The van der Waals surface area contributed by atoms with Crippen LogP contribution < -0.4 is 0 Å². The fourth-order valence-electron chi connectivity index (χ4n) is 0.926. The van der Waals surface area contributed by atoms with Gasteiger partial charge in [-0.25, -0.2) is 4.98 Å². The van der Waals surface area contributed by atoms with E-state index >= 15 is 0 Å². The molecule has 5 heteroatoms. The van der Waals surface area contributed by atoms with Crippen LogP contribution in [0.25, 0.3) is 0 Å². The molecule has 3 nitrogen and oxygen atoms in total. The monoisotopic (exact) mass is 231 g/mol. The summed E-state index contributed by atoms with van der Waals surface area (Å²) >= 11 is 7.10. The van der Waals surface area contributed by atoms with Gasteiger partial charge in [-0.2, -0.15) is 0 Å². The molecule has 1 N–H and O–H groups in total. The molecular weight excluding hydrogens is 222 g/mol. The van der Waals surface area contributed by atoms with Gasteiger partial charge in [0.15, 0.2) is 0 Å². The topological polar surface area (TPSA) is 50.2 Å². The first-order valence-electron chi connectivity index (χ1n) is 4.08. The Kier molecular flexibility index (Phi) is 4.22. The molecule has 14 heavy (non-hydrogen) atoms. The maximum Gasteiger partial charge on any atom is 0.304 e. The second kappa shape index (κ2) is 5.22. The number of hydrogen-bond acceptors (Lipinski definition) is 3. The second-order valence-corrected chi connectivity index (χ2v) is 4.74. The maximum absolute atomic E-state index is 10.4. The minimum absolute atomic E-state index is 0.0150. The van der Waals surface area contributed by atoms with Crippen molar-refractivity contribution >= 4 is 29.3 Å². The first-order valence-corrected chi connectivity index (χ1v) is 5.33. The molecule has 0 bridgehead atoms. The van der Waals surface area contributed by atoms with Crippen molar-refractivity contribution in [3.05, 3.63) is 23.4 Å². The molecule has 1 heterocycles. The van der Waals surface area contributed by atoms with Gasteiger partial charge in [0.2, 0.25) is 0 Å². The third kappa shape index (κ3) is 3.98. The first kappa shape index (κ1) is 11.3. The predicted molar refractivity (Wildman–Crippen MR) is 56.8 cm³/mol. The van der Waals surface area contributed by atoms with Crippen LogP contribution in [-0.4, -0.2) is 21.3 Å². The molecular formula is C9H10ClNO2S. The Bertz CT molecular complexity index is 315. The van der Waals surface area contributed by atoms with Crippen LogP contribution >= 0.6 is 23.4 Å². The fraction of sp³-hybridized carbons (Fsp3) is 0.333. The first-order chi connectivity index (χ1) is 6.58. The molecule has 0 radical (unpaired) electrons. The number of rotatable bonds is 4. The molecule has 1 aromatic heterocycles. The Morgan fingerprint density at radius 2 is 2.43 bits per heavy atom. The Morgan fingerprint density at radius 3 is 2.93 bits per heavy atom. The van der Waals surface area contributed by atoms with Gasteiger partial charge in [-0.3, -0.25) is 4.79 Å². The smallest absolute Gasteiger partial charge is 0.304 e. The summed E-state index contributed by atoms with van der Waals surface area (Å²) in [5.41, 5.74) is 0. The van der Waals surface area contributed by atoms with Crippen LogP contribution in [0.4, 0.5) is 0 Å².